The first kappa shape index (κ1) is 20.6. The van der Waals surface area contributed by atoms with Crippen molar-refractivity contribution in [3.63, 3.8) is 0 Å². The maximum atomic E-state index is 10.4. The second kappa shape index (κ2) is 11.1. The third-order valence-corrected chi connectivity index (χ3v) is 3.72. The lowest BCUT2D eigenvalue weighted by Gasteiger charge is -2.14. The van der Waals surface area contributed by atoms with Gasteiger partial charge in [-0.3, -0.25) is 4.99 Å². The number of nitrogens with one attached hydrogen (secondary N) is 2. The van der Waals surface area contributed by atoms with E-state index in [4.69, 9.17) is 9.15 Å². The second-order valence-electron chi connectivity index (χ2n) is 6.37. The van der Waals surface area contributed by atoms with Gasteiger partial charge in [-0.15, -0.1) is 6.58 Å². The van der Waals surface area contributed by atoms with E-state index in [9.17, 15) is 5.11 Å². The SMILES string of the molecule is C=CCNC(=NCC(O)c1ccc(OC(C)C)cc1)NCCc1ccco1. The molecular formula is C21H29N3O3. The molecule has 2 rings (SSSR count). The van der Waals surface area contributed by atoms with E-state index in [0.29, 0.717) is 19.0 Å². The Balaban J connectivity index is 1.89. The zero-order valence-electron chi connectivity index (χ0n) is 16.0. The van der Waals surface area contributed by atoms with Gasteiger partial charge in [-0.25, -0.2) is 0 Å². The Morgan fingerprint density at radius 2 is 2.04 bits per heavy atom. The molecule has 0 aliphatic carbocycles. The summed E-state index contributed by atoms with van der Waals surface area (Å²) in [5, 5.41) is 16.8. The van der Waals surface area contributed by atoms with E-state index in [1.54, 1.807) is 12.3 Å². The summed E-state index contributed by atoms with van der Waals surface area (Å²) >= 11 is 0. The van der Waals surface area contributed by atoms with Gasteiger partial charge >= 0.3 is 0 Å². The molecule has 0 radical (unpaired) electrons. The molecule has 0 spiro atoms. The first-order chi connectivity index (χ1) is 13.1. The fourth-order valence-electron chi connectivity index (χ4n) is 2.43. The molecule has 1 heterocycles. The summed E-state index contributed by atoms with van der Waals surface area (Å²) in [5.74, 6) is 2.33. The summed E-state index contributed by atoms with van der Waals surface area (Å²) in [6.45, 7) is 9.17. The molecule has 1 aromatic heterocycles. The molecule has 1 aromatic carbocycles. The summed E-state index contributed by atoms with van der Waals surface area (Å²) in [7, 11) is 0. The maximum absolute atomic E-state index is 10.4. The van der Waals surface area contributed by atoms with E-state index in [0.717, 1.165) is 23.5 Å². The molecule has 0 aliphatic rings. The van der Waals surface area contributed by atoms with Gasteiger partial charge in [-0.1, -0.05) is 18.2 Å². The average Bonchev–Trinajstić information content (AvgIpc) is 3.17. The lowest BCUT2D eigenvalue weighted by molar-refractivity contribution is 0.186. The van der Waals surface area contributed by atoms with Crippen LogP contribution in [0.4, 0.5) is 0 Å². The van der Waals surface area contributed by atoms with E-state index < -0.39 is 6.10 Å². The van der Waals surface area contributed by atoms with Crippen LogP contribution in [0.5, 0.6) is 5.75 Å². The molecule has 0 bridgehead atoms. The van der Waals surface area contributed by atoms with Crippen LogP contribution in [0.15, 0.2) is 64.7 Å². The number of benzene rings is 1. The van der Waals surface area contributed by atoms with E-state index >= 15 is 0 Å². The van der Waals surface area contributed by atoms with Crippen LogP contribution < -0.4 is 15.4 Å². The van der Waals surface area contributed by atoms with Gasteiger partial charge in [0.05, 0.1) is 25.0 Å². The molecule has 27 heavy (non-hydrogen) atoms. The quantitative estimate of drug-likeness (QED) is 0.340. The van der Waals surface area contributed by atoms with Gasteiger partial charge < -0.3 is 24.9 Å². The topological polar surface area (TPSA) is 79.0 Å². The van der Waals surface area contributed by atoms with Crippen molar-refractivity contribution in [3.8, 4) is 5.75 Å². The predicted molar refractivity (Wildman–Crippen MR) is 108 cm³/mol. The average molecular weight is 371 g/mol. The van der Waals surface area contributed by atoms with E-state index in [1.807, 2.05) is 50.2 Å². The van der Waals surface area contributed by atoms with Crippen LogP contribution in [0.25, 0.3) is 0 Å². The third kappa shape index (κ3) is 7.58. The van der Waals surface area contributed by atoms with Gasteiger partial charge in [0.1, 0.15) is 11.5 Å². The van der Waals surface area contributed by atoms with Gasteiger partial charge in [0.25, 0.3) is 0 Å². The predicted octanol–water partition coefficient (Wildman–Crippen LogP) is 3.06. The Morgan fingerprint density at radius 3 is 2.67 bits per heavy atom. The Hall–Kier alpha value is -2.73. The molecule has 1 atom stereocenters. The molecule has 146 valence electrons. The van der Waals surface area contributed by atoms with Gasteiger partial charge in [0.2, 0.25) is 0 Å². The number of nitrogens with zero attached hydrogens (tertiary/aromatic N) is 1. The molecule has 0 saturated carbocycles. The fourth-order valence-corrected chi connectivity index (χ4v) is 2.43. The summed E-state index contributed by atoms with van der Waals surface area (Å²) in [6, 6.07) is 11.2. The number of furan rings is 1. The van der Waals surface area contributed by atoms with Crippen molar-refractivity contribution >= 4 is 5.96 Å². The highest BCUT2D eigenvalue weighted by Crippen LogP contribution is 2.19. The van der Waals surface area contributed by atoms with Crippen molar-refractivity contribution in [1.82, 2.24) is 10.6 Å². The Labute approximate surface area is 161 Å². The lowest BCUT2D eigenvalue weighted by atomic mass is 10.1. The molecule has 0 fully saturated rings. The van der Waals surface area contributed by atoms with Gasteiger partial charge in [0.15, 0.2) is 5.96 Å². The molecule has 3 N–H and O–H groups in total. The largest absolute Gasteiger partial charge is 0.491 e. The number of aliphatic hydroxyl groups excluding tert-OH is 1. The first-order valence-corrected chi connectivity index (χ1v) is 9.18. The number of hydrogen-bond acceptors (Lipinski definition) is 4. The Morgan fingerprint density at radius 1 is 1.26 bits per heavy atom. The van der Waals surface area contributed by atoms with Crippen LogP contribution in [-0.4, -0.2) is 36.8 Å². The summed E-state index contributed by atoms with van der Waals surface area (Å²) in [6.07, 6.45) is 3.60. The molecule has 0 aliphatic heterocycles. The first-order valence-electron chi connectivity index (χ1n) is 9.18. The monoisotopic (exact) mass is 371 g/mol. The van der Waals surface area contributed by atoms with Crippen molar-refractivity contribution in [2.75, 3.05) is 19.6 Å². The molecule has 0 amide bonds. The number of guanidine groups is 1. The highest BCUT2D eigenvalue weighted by molar-refractivity contribution is 5.79. The fraction of sp³-hybridized carbons (Fsp3) is 0.381. The van der Waals surface area contributed by atoms with E-state index in [2.05, 4.69) is 22.2 Å². The number of aliphatic hydroxyl groups is 1. The van der Waals surface area contributed by atoms with Crippen LogP contribution in [-0.2, 0) is 6.42 Å². The van der Waals surface area contributed by atoms with Crippen LogP contribution in [0.3, 0.4) is 0 Å². The maximum Gasteiger partial charge on any atom is 0.191 e. The van der Waals surface area contributed by atoms with Crippen molar-refractivity contribution < 1.29 is 14.3 Å². The molecule has 0 saturated heterocycles. The Kier molecular flexibility index (Phi) is 8.45. The standard InChI is InChI=1S/C21H29N3O3/c1-4-12-22-21(23-13-11-18-6-5-14-26-18)24-15-20(25)17-7-9-19(10-8-17)27-16(2)3/h4-10,14,16,20,25H,1,11-13,15H2,2-3H3,(H2,22,23,24). The summed E-state index contributed by atoms with van der Waals surface area (Å²) < 4.78 is 10.9. The summed E-state index contributed by atoms with van der Waals surface area (Å²) in [5.41, 5.74) is 0.800. The Bertz CT molecular complexity index is 694. The molecular weight excluding hydrogens is 342 g/mol. The highest BCUT2D eigenvalue weighted by Gasteiger charge is 2.08. The lowest BCUT2D eigenvalue weighted by Crippen LogP contribution is -2.38. The van der Waals surface area contributed by atoms with Crippen LogP contribution in [0.2, 0.25) is 0 Å². The van der Waals surface area contributed by atoms with Crippen molar-refractivity contribution in [2.45, 2.75) is 32.5 Å². The van der Waals surface area contributed by atoms with Crippen LogP contribution in [0, 0.1) is 0 Å². The van der Waals surface area contributed by atoms with Gasteiger partial charge in [0, 0.05) is 19.5 Å². The molecule has 6 nitrogen and oxygen atoms in total. The second-order valence-corrected chi connectivity index (χ2v) is 6.37. The van der Waals surface area contributed by atoms with Crippen LogP contribution in [0.1, 0.15) is 31.3 Å². The molecule has 1 unspecified atom stereocenters. The molecule has 2 aromatic rings. The zero-order chi connectivity index (χ0) is 19.5. The highest BCUT2D eigenvalue weighted by atomic mass is 16.5. The summed E-state index contributed by atoms with van der Waals surface area (Å²) in [4.78, 5) is 4.46. The van der Waals surface area contributed by atoms with E-state index in [1.165, 1.54) is 0 Å². The number of aliphatic imine (C=N–C) groups is 1. The van der Waals surface area contributed by atoms with E-state index in [-0.39, 0.29) is 12.6 Å². The van der Waals surface area contributed by atoms with Gasteiger partial charge in [-0.2, -0.15) is 0 Å². The van der Waals surface area contributed by atoms with Gasteiger partial charge in [-0.05, 0) is 43.7 Å². The minimum Gasteiger partial charge on any atom is -0.491 e. The smallest absolute Gasteiger partial charge is 0.191 e. The number of rotatable bonds is 10. The normalized spacial score (nSPS) is 12.7. The minimum atomic E-state index is -0.689. The molecule has 6 heteroatoms. The van der Waals surface area contributed by atoms with Crippen molar-refractivity contribution in [1.29, 1.82) is 0 Å². The van der Waals surface area contributed by atoms with Crippen LogP contribution >= 0.6 is 0 Å². The zero-order valence-corrected chi connectivity index (χ0v) is 16.0. The number of ether oxygens (including phenoxy) is 1. The third-order valence-electron chi connectivity index (χ3n) is 3.72. The number of hydrogen-bond donors (Lipinski definition) is 3. The van der Waals surface area contributed by atoms with Crippen molar-refractivity contribution in [2.24, 2.45) is 4.99 Å². The minimum absolute atomic E-state index is 0.121. The van der Waals surface area contributed by atoms with Crippen molar-refractivity contribution in [3.05, 3.63) is 66.6 Å².